The topological polar surface area (TPSA) is 79.9 Å². The third-order valence-electron chi connectivity index (χ3n) is 1.97. The number of benzene rings is 1. The summed E-state index contributed by atoms with van der Waals surface area (Å²) in [6.45, 7) is 3.59. The molecule has 0 aliphatic heterocycles. The fraction of sp³-hybridized carbons (Fsp3) is 0. The van der Waals surface area contributed by atoms with Crippen LogP contribution in [0.5, 0.6) is 0 Å². The molecule has 0 atom stereocenters. The first-order chi connectivity index (χ1) is 6.66. The lowest BCUT2D eigenvalue weighted by Gasteiger charge is -2.05. The number of nitrogens with one attached hydrogen (secondary N) is 2. The van der Waals surface area contributed by atoms with Crippen molar-refractivity contribution in [2.45, 2.75) is 0 Å². The zero-order chi connectivity index (χ0) is 10.1. The van der Waals surface area contributed by atoms with Gasteiger partial charge < -0.3 is 21.8 Å². The van der Waals surface area contributed by atoms with Crippen molar-refractivity contribution in [1.82, 2.24) is 4.98 Å². The van der Waals surface area contributed by atoms with Crippen LogP contribution in [0.3, 0.4) is 0 Å². The van der Waals surface area contributed by atoms with Crippen LogP contribution in [0, 0.1) is 0 Å². The Morgan fingerprint density at radius 1 is 1.43 bits per heavy atom. The third kappa shape index (κ3) is 1.37. The number of fused-ring (bicyclic) bond motifs is 1. The number of rotatable bonds is 2. The molecule has 0 aliphatic rings. The molecule has 0 aliphatic carbocycles. The summed E-state index contributed by atoms with van der Waals surface area (Å²) >= 11 is 0. The van der Waals surface area contributed by atoms with Crippen LogP contribution in [-0.2, 0) is 0 Å². The van der Waals surface area contributed by atoms with Gasteiger partial charge in [-0.15, -0.1) is 0 Å². The number of nitrogen functional groups attached to an aromatic ring is 1. The van der Waals surface area contributed by atoms with Crippen LogP contribution in [0.2, 0.25) is 0 Å². The lowest BCUT2D eigenvalue weighted by molar-refractivity contribution is 1.33. The predicted octanol–water partition coefficient (Wildman–Crippen LogP) is 1.59. The van der Waals surface area contributed by atoms with Crippen LogP contribution in [0.25, 0.3) is 10.9 Å². The second kappa shape index (κ2) is 2.99. The van der Waals surface area contributed by atoms with Crippen molar-refractivity contribution in [3.63, 3.8) is 0 Å². The Morgan fingerprint density at radius 3 is 2.93 bits per heavy atom. The zero-order valence-electron chi connectivity index (χ0n) is 7.67. The summed E-state index contributed by atoms with van der Waals surface area (Å²) in [5.41, 5.74) is 12.9. The Morgan fingerprint density at radius 2 is 2.21 bits per heavy atom. The van der Waals surface area contributed by atoms with E-state index in [0.29, 0.717) is 11.6 Å². The first kappa shape index (κ1) is 8.50. The fourth-order valence-corrected chi connectivity index (χ4v) is 1.46. The summed E-state index contributed by atoms with van der Waals surface area (Å²) < 4.78 is 0. The number of aromatic amines is 1. The molecule has 72 valence electrons. The highest BCUT2D eigenvalue weighted by Crippen LogP contribution is 2.24. The summed E-state index contributed by atoms with van der Waals surface area (Å²) in [7, 11) is 0. The molecule has 0 spiro atoms. The summed E-state index contributed by atoms with van der Waals surface area (Å²) in [4.78, 5) is 3.05. The second-order valence-corrected chi connectivity index (χ2v) is 3.14. The molecular formula is C10H12N4. The maximum atomic E-state index is 5.65. The molecule has 1 aromatic heterocycles. The van der Waals surface area contributed by atoms with Crippen LogP contribution in [-0.4, -0.2) is 4.98 Å². The first-order valence-electron chi connectivity index (χ1n) is 4.25. The van der Waals surface area contributed by atoms with Crippen LogP contribution in [0.4, 0.5) is 11.5 Å². The number of aromatic nitrogens is 1. The number of hydrogen-bond donors (Lipinski definition) is 4. The largest absolute Gasteiger partial charge is 0.386 e. The van der Waals surface area contributed by atoms with Crippen LogP contribution >= 0.6 is 0 Å². The quantitative estimate of drug-likeness (QED) is 0.577. The van der Waals surface area contributed by atoms with Gasteiger partial charge in [-0.05, 0) is 12.1 Å². The van der Waals surface area contributed by atoms with Crippen LogP contribution < -0.4 is 16.8 Å². The highest BCUT2D eigenvalue weighted by Gasteiger charge is 2.02. The summed E-state index contributed by atoms with van der Waals surface area (Å²) in [5.74, 6) is 1.04. The van der Waals surface area contributed by atoms with Gasteiger partial charge in [0.05, 0.1) is 17.0 Å². The van der Waals surface area contributed by atoms with E-state index in [9.17, 15) is 0 Å². The van der Waals surface area contributed by atoms with E-state index >= 15 is 0 Å². The van der Waals surface area contributed by atoms with Crippen molar-refractivity contribution in [3.8, 4) is 0 Å². The van der Waals surface area contributed by atoms with E-state index in [-0.39, 0.29) is 0 Å². The molecule has 0 unspecified atom stereocenters. The molecule has 1 aromatic carbocycles. The molecule has 0 fully saturated rings. The maximum Gasteiger partial charge on any atom is 0.101 e. The van der Waals surface area contributed by atoms with E-state index in [0.717, 1.165) is 16.6 Å². The van der Waals surface area contributed by atoms with Crippen molar-refractivity contribution in [3.05, 3.63) is 36.7 Å². The van der Waals surface area contributed by atoms with Gasteiger partial charge in [-0.2, -0.15) is 0 Å². The Kier molecular flexibility index (Phi) is 1.81. The average Bonchev–Trinajstić information content (AvgIpc) is 2.45. The normalized spacial score (nSPS) is 10.3. The monoisotopic (exact) mass is 188 g/mol. The SMILES string of the molecule is C=C(N)Nc1cccc2cc(N)[nH]c12. The standard InChI is InChI=1S/C10H12N4/c1-6(11)13-8-4-2-3-7-5-9(12)14-10(7)8/h2-5,13-14H,1,11-12H2. The number of H-pyrrole nitrogens is 1. The van der Waals surface area contributed by atoms with E-state index in [1.807, 2.05) is 24.3 Å². The Balaban J connectivity index is 2.58. The molecule has 0 bridgehead atoms. The highest BCUT2D eigenvalue weighted by atomic mass is 15.0. The van der Waals surface area contributed by atoms with Gasteiger partial charge in [-0.3, -0.25) is 0 Å². The molecule has 6 N–H and O–H groups in total. The molecule has 0 saturated carbocycles. The van der Waals surface area contributed by atoms with Crippen molar-refractivity contribution in [1.29, 1.82) is 0 Å². The molecule has 4 nitrogen and oxygen atoms in total. The number of hydrogen-bond acceptors (Lipinski definition) is 3. The molecule has 2 rings (SSSR count). The Bertz CT molecular complexity index is 484. The summed E-state index contributed by atoms with van der Waals surface area (Å²) in [6.07, 6.45) is 0. The Hall–Kier alpha value is -2.10. The van der Waals surface area contributed by atoms with E-state index in [2.05, 4.69) is 16.9 Å². The van der Waals surface area contributed by atoms with Gasteiger partial charge >= 0.3 is 0 Å². The lowest BCUT2D eigenvalue weighted by Crippen LogP contribution is -2.06. The van der Waals surface area contributed by atoms with Gasteiger partial charge in [0.2, 0.25) is 0 Å². The first-order valence-corrected chi connectivity index (χ1v) is 4.25. The number of nitrogens with two attached hydrogens (primary N) is 2. The van der Waals surface area contributed by atoms with Gasteiger partial charge in [0.15, 0.2) is 0 Å². The minimum atomic E-state index is 0.408. The van der Waals surface area contributed by atoms with Crippen LogP contribution in [0.15, 0.2) is 36.7 Å². The minimum absolute atomic E-state index is 0.408. The van der Waals surface area contributed by atoms with E-state index in [1.54, 1.807) is 0 Å². The molecule has 0 amide bonds. The summed E-state index contributed by atoms with van der Waals surface area (Å²) in [6, 6.07) is 7.70. The summed E-state index contributed by atoms with van der Waals surface area (Å²) in [5, 5.41) is 4.01. The molecular weight excluding hydrogens is 176 g/mol. The predicted molar refractivity (Wildman–Crippen MR) is 59.7 cm³/mol. The van der Waals surface area contributed by atoms with Gasteiger partial charge in [0, 0.05) is 5.39 Å². The zero-order valence-corrected chi connectivity index (χ0v) is 7.67. The van der Waals surface area contributed by atoms with Crippen LogP contribution in [0.1, 0.15) is 0 Å². The molecule has 2 aromatic rings. The molecule has 1 heterocycles. The van der Waals surface area contributed by atoms with Gasteiger partial charge in [-0.25, -0.2) is 0 Å². The van der Waals surface area contributed by atoms with E-state index < -0.39 is 0 Å². The van der Waals surface area contributed by atoms with Crippen molar-refractivity contribution in [2.24, 2.45) is 5.73 Å². The smallest absolute Gasteiger partial charge is 0.101 e. The molecule has 0 radical (unpaired) electrons. The van der Waals surface area contributed by atoms with Gasteiger partial charge in [0.1, 0.15) is 5.82 Å². The Labute approximate surface area is 81.6 Å². The fourth-order valence-electron chi connectivity index (χ4n) is 1.46. The van der Waals surface area contributed by atoms with Crippen molar-refractivity contribution < 1.29 is 0 Å². The van der Waals surface area contributed by atoms with Crippen molar-refractivity contribution in [2.75, 3.05) is 11.1 Å². The second-order valence-electron chi connectivity index (χ2n) is 3.14. The lowest BCUT2D eigenvalue weighted by atomic mass is 10.2. The molecule has 4 heteroatoms. The minimum Gasteiger partial charge on any atom is -0.386 e. The maximum absolute atomic E-state index is 5.65. The average molecular weight is 188 g/mol. The number of para-hydroxylation sites is 1. The molecule has 14 heavy (non-hydrogen) atoms. The van der Waals surface area contributed by atoms with E-state index in [1.165, 1.54) is 0 Å². The van der Waals surface area contributed by atoms with Crippen molar-refractivity contribution >= 4 is 22.4 Å². The third-order valence-corrected chi connectivity index (χ3v) is 1.97. The van der Waals surface area contributed by atoms with E-state index in [4.69, 9.17) is 11.5 Å². The number of anilines is 2. The van der Waals surface area contributed by atoms with Gasteiger partial charge in [-0.1, -0.05) is 18.7 Å². The molecule has 0 saturated heterocycles. The highest BCUT2D eigenvalue weighted by molar-refractivity contribution is 5.93. The van der Waals surface area contributed by atoms with Gasteiger partial charge in [0.25, 0.3) is 0 Å².